The first kappa shape index (κ1) is 53.6. The van der Waals surface area contributed by atoms with Crippen LogP contribution in [0.25, 0.3) is 0 Å². The molecule has 0 rings (SSSR count). The van der Waals surface area contributed by atoms with E-state index in [2.05, 4.69) is 57.2 Å². The zero-order valence-electron chi connectivity index (χ0n) is 37.2. The minimum absolute atomic E-state index is 0.0815. The number of rotatable bonds is 43. The normalized spacial score (nSPS) is 12.3. The van der Waals surface area contributed by atoms with E-state index in [0.717, 1.165) is 83.5 Å². The van der Waals surface area contributed by atoms with E-state index >= 15 is 0 Å². The monoisotopic (exact) mass is 787 g/mol. The van der Waals surface area contributed by atoms with E-state index in [1.54, 1.807) is 0 Å². The lowest BCUT2D eigenvalue weighted by Crippen LogP contribution is -2.30. The molecule has 0 aromatic carbocycles. The average molecular weight is 787 g/mol. The van der Waals surface area contributed by atoms with Gasteiger partial charge in [0.15, 0.2) is 6.10 Å². The van der Waals surface area contributed by atoms with Gasteiger partial charge in [0, 0.05) is 19.3 Å². The van der Waals surface area contributed by atoms with Crippen molar-refractivity contribution in [3.63, 3.8) is 0 Å². The highest BCUT2D eigenvalue weighted by molar-refractivity contribution is 5.71. The molecule has 6 heteroatoms. The van der Waals surface area contributed by atoms with Crippen LogP contribution in [0, 0.1) is 0 Å². The molecule has 1 atom stereocenters. The maximum Gasteiger partial charge on any atom is 0.306 e. The van der Waals surface area contributed by atoms with E-state index in [9.17, 15) is 14.4 Å². The molecule has 0 unspecified atom stereocenters. The van der Waals surface area contributed by atoms with Gasteiger partial charge in [0.05, 0.1) is 0 Å². The minimum Gasteiger partial charge on any atom is -0.462 e. The van der Waals surface area contributed by atoms with Gasteiger partial charge in [0.25, 0.3) is 0 Å². The number of esters is 3. The van der Waals surface area contributed by atoms with Crippen LogP contribution in [-0.2, 0) is 28.6 Å². The van der Waals surface area contributed by atoms with Crippen molar-refractivity contribution in [2.24, 2.45) is 0 Å². The van der Waals surface area contributed by atoms with Crippen LogP contribution in [0.2, 0.25) is 0 Å². The molecule has 56 heavy (non-hydrogen) atoms. The first-order valence-corrected chi connectivity index (χ1v) is 24.0. The lowest BCUT2D eigenvalue weighted by atomic mass is 10.1. The predicted octanol–water partition coefficient (Wildman–Crippen LogP) is 15.4. The highest BCUT2D eigenvalue weighted by atomic mass is 16.6. The van der Waals surface area contributed by atoms with Crippen LogP contribution >= 0.6 is 0 Å². The zero-order valence-corrected chi connectivity index (χ0v) is 37.2. The fraction of sp³-hybridized carbons (Fsp3) is 0.820. The number of carbonyl (C=O) groups is 3. The first-order valence-electron chi connectivity index (χ1n) is 24.0. The number of carbonyl (C=O) groups excluding carboxylic acids is 3. The van der Waals surface area contributed by atoms with Crippen LogP contribution in [0.3, 0.4) is 0 Å². The third-order valence-electron chi connectivity index (χ3n) is 10.3. The average Bonchev–Trinajstić information content (AvgIpc) is 3.19. The van der Waals surface area contributed by atoms with Crippen LogP contribution in [-0.4, -0.2) is 37.2 Å². The smallest absolute Gasteiger partial charge is 0.306 e. The van der Waals surface area contributed by atoms with Gasteiger partial charge in [0.2, 0.25) is 0 Å². The molecule has 0 saturated carbocycles. The summed E-state index contributed by atoms with van der Waals surface area (Å²) in [6.45, 7) is 6.56. The van der Waals surface area contributed by atoms with Gasteiger partial charge in [-0.1, -0.05) is 166 Å². The summed E-state index contributed by atoms with van der Waals surface area (Å²) < 4.78 is 16.7. The molecular weight excluding hydrogens is 697 g/mol. The third-order valence-corrected chi connectivity index (χ3v) is 10.3. The highest BCUT2D eigenvalue weighted by Gasteiger charge is 2.19. The molecule has 0 N–H and O–H groups in total. The summed E-state index contributed by atoms with van der Waals surface area (Å²) in [4.78, 5) is 37.8. The molecule has 0 radical (unpaired) electrons. The summed E-state index contributed by atoms with van der Waals surface area (Å²) in [5.41, 5.74) is 0. The molecule has 0 aliphatic rings. The first-order chi connectivity index (χ1) is 27.5. The molecule has 0 aliphatic carbocycles. The van der Waals surface area contributed by atoms with Crippen molar-refractivity contribution in [1.82, 2.24) is 0 Å². The molecule has 0 aliphatic heterocycles. The van der Waals surface area contributed by atoms with Crippen LogP contribution in [0.5, 0.6) is 0 Å². The number of unbranched alkanes of at least 4 members (excludes halogenated alkanes) is 26. The Kier molecular flexibility index (Phi) is 43.4. The quantitative estimate of drug-likeness (QED) is 0.0265. The van der Waals surface area contributed by atoms with Crippen molar-refractivity contribution >= 4 is 17.9 Å². The van der Waals surface area contributed by atoms with E-state index in [1.807, 2.05) is 0 Å². The Morgan fingerprint density at radius 2 is 0.589 bits per heavy atom. The second-order valence-corrected chi connectivity index (χ2v) is 16.0. The molecule has 0 saturated heterocycles. The van der Waals surface area contributed by atoms with Gasteiger partial charge in [0.1, 0.15) is 13.2 Å². The molecule has 326 valence electrons. The molecule has 0 bridgehead atoms. The molecule has 0 fully saturated rings. The van der Waals surface area contributed by atoms with Crippen LogP contribution in [0.4, 0.5) is 0 Å². The molecule has 0 aromatic heterocycles. The van der Waals surface area contributed by atoms with Crippen molar-refractivity contribution in [2.45, 2.75) is 252 Å². The van der Waals surface area contributed by atoms with E-state index in [1.165, 1.54) is 122 Å². The van der Waals surface area contributed by atoms with Crippen molar-refractivity contribution in [3.8, 4) is 0 Å². The topological polar surface area (TPSA) is 78.9 Å². The van der Waals surface area contributed by atoms with Crippen LogP contribution in [0.15, 0.2) is 36.5 Å². The minimum atomic E-state index is -0.779. The summed E-state index contributed by atoms with van der Waals surface area (Å²) in [6.07, 6.45) is 51.2. The van der Waals surface area contributed by atoms with E-state index in [0.29, 0.717) is 19.3 Å². The maximum absolute atomic E-state index is 12.7. The highest BCUT2D eigenvalue weighted by Crippen LogP contribution is 2.14. The molecule has 0 spiro atoms. The van der Waals surface area contributed by atoms with Gasteiger partial charge in [-0.25, -0.2) is 0 Å². The number of ether oxygens (including phenoxy) is 3. The number of allylic oxidation sites excluding steroid dienone is 6. The Morgan fingerprint density at radius 3 is 0.929 bits per heavy atom. The lowest BCUT2D eigenvalue weighted by molar-refractivity contribution is -0.167. The second-order valence-electron chi connectivity index (χ2n) is 16.0. The molecule has 0 aromatic rings. The molecule has 6 nitrogen and oxygen atoms in total. The SMILES string of the molecule is CCCCC/C=C\CCCCCCCC(=O)OC[C@H](COC(=O)CCCCCCC/C=C\CCCCCCC)OC(=O)CCCCCCC/C=C\CCCCC. The Labute approximate surface area is 346 Å². The molecule has 0 heterocycles. The van der Waals surface area contributed by atoms with Crippen LogP contribution in [0.1, 0.15) is 245 Å². The summed E-state index contributed by atoms with van der Waals surface area (Å²) in [7, 11) is 0. The zero-order chi connectivity index (χ0) is 40.8. The Morgan fingerprint density at radius 1 is 0.339 bits per heavy atom. The standard InChI is InChI=1S/C50H90O6/c1-4-7-10-13-16-19-22-25-26-29-31-34-37-40-43-49(52)55-46-47(56-50(53)44-41-38-35-32-28-24-21-18-15-12-9-6-3)45-54-48(51)42-39-36-33-30-27-23-20-17-14-11-8-5-2/h17-18,20-22,25,47H,4-16,19,23-24,26-46H2,1-3H3/b20-17-,21-18-,25-22-/t47-/m1/s1. The predicted molar refractivity (Wildman–Crippen MR) is 238 cm³/mol. The summed E-state index contributed by atoms with van der Waals surface area (Å²) in [5, 5.41) is 0. The molecular formula is C50H90O6. The van der Waals surface area contributed by atoms with Gasteiger partial charge in [-0.15, -0.1) is 0 Å². The molecule has 0 amide bonds. The fourth-order valence-electron chi connectivity index (χ4n) is 6.66. The van der Waals surface area contributed by atoms with Gasteiger partial charge >= 0.3 is 17.9 Å². The summed E-state index contributed by atoms with van der Waals surface area (Å²) >= 11 is 0. The van der Waals surface area contributed by atoms with E-state index in [-0.39, 0.29) is 31.1 Å². The van der Waals surface area contributed by atoms with Crippen molar-refractivity contribution in [3.05, 3.63) is 36.5 Å². The summed E-state index contributed by atoms with van der Waals surface area (Å²) in [6, 6.07) is 0. The number of hydrogen-bond acceptors (Lipinski definition) is 6. The summed E-state index contributed by atoms with van der Waals surface area (Å²) in [5.74, 6) is -0.905. The number of hydrogen-bond donors (Lipinski definition) is 0. The lowest BCUT2D eigenvalue weighted by Gasteiger charge is -2.18. The Bertz CT molecular complexity index is 953. The maximum atomic E-state index is 12.7. The van der Waals surface area contributed by atoms with Gasteiger partial charge in [-0.3, -0.25) is 14.4 Å². The van der Waals surface area contributed by atoms with Crippen molar-refractivity contribution in [2.75, 3.05) is 13.2 Å². The van der Waals surface area contributed by atoms with Crippen molar-refractivity contribution in [1.29, 1.82) is 0 Å². The Balaban J connectivity index is 4.39. The Hall–Kier alpha value is -2.37. The van der Waals surface area contributed by atoms with E-state index < -0.39 is 6.10 Å². The van der Waals surface area contributed by atoms with E-state index in [4.69, 9.17) is 14.2 Å². The van der Waals surface area contributed by atoms with Crippen LogP contribution < -0.4 is 0 Å². The van der Waals surface area contributed by atoms with Gasteiger partial charge in [-0.2, -0.15) is 0 Å². The largest absolute Gasteiger partial charge is 0.462 e. The second kappa shape index (κ2) is 45.3. The van der Waals surface area contributed by atoms with Crippen molar-refractivity contribution < 1.29 is 28.6 Å². The van der Waals surface area contributed by atoms with Gasteiger partial charge < -0.3 is 14.2 Å². The third kappa shape index (κ3) is 42.8. The fourth-order valence-corrected chi connectivity index (χ4v) is 6.66. The van der Waals surface area contributed by atoms with Gasteiger partial charge in [-0.05, 0) is 96.3 Å².